The van der Waals surface area contributed by atoms with E-state index in [2.05, 4.69) is 15.6 Å². The number of nitrogens with one attached hydrogen (secondary N) is 2. The number of anilines is 2. The molecule has 0 saturated heterocycles. The van der Waals surface area contributed by atoms with Crippen molar-refractivity contribution in [2.45, 2.75) is 12.3 Å². The second kappa shape index (κ2) is 5.31. The molecule has 7 nitrogen and oxygen atoms in total. The standard InChI is InChI=1S/C15H15N3O4S/c1-16-15-18-14-13(23-15)8(5-11(19)17-14)7-3-9(20-2)12-10(4-7)21-6-22-12/h3-4,8H,5-6H2,1-2H3,(H,16,18)(H,17,19). The van der Waals surface area contributed by atoms with Crippen LogP contribution in [0.1, 0.15) is 22.8 Å². The molecule has 8 heteroatoms. The molecule has 0 saturated carbocycles. The van der Waals surface area contributed by atoms with E-state index in [1.807, 2.05) is 19.2 Å². The molecule has 0 radical (unpaired) electrons. The lowest BCUT2D eigenvalue weighted by molar-refractivity contribution is -0.116. The smallest absolute Gasteiger partial charge is 0.231 e. The summed E-state index contributed by atoms with van der Waals surface area (Å²) < 4.78 is 16.3. The van der Waals surface area contributed by atoms with E-state index >= 15 is 0 Å². The lowest BCUT2D eigenvalue weighted by Crippen LogP contribution is -2.22. The third-order valence-electron chi connectivity index (χ3n) is 3.91. The highest BCUT2D eigenvalue weighted by molar-refractivity contribution is 7.16. The minimum atomic E-state index is -0.0817. The average Bonchev–Trinajstić information content (AvgIpc) is 3.18. The molecule has 1 unspecified atom stereocenters. The number of thiazole rings is 1. The largest absolute Gasteiger partial charge is 0.493 e. The van der Waals surface area contributed by atoms with E-state index in [0.717, 1.165) is 15.6 Å². The Bertz CT molecular complexity index is 789. The van der Waals surface area contributed by atoms with Crippen LogP contribution in [0.4, 0.5) is 10.9 Å². The molecule has 2 N–H and O–H groups in total. The number of rotatable bonds is 3. The number of aromatic nitrogens is 1. The van der Waals surface area contributed by atoms with E-state index < -0.39 is 0 Å². The summed E-state index contributed by atoms with van der Waals surface area (Å²) in [6, 6.07) is 3.82. The number of carbonyl (C=O) groups is 1. The van der Waals surface area contributed by atoms with Crippen molar-refractivity contribution in [3.05, 3.63) is 22.6 Å². The molecule has 1 atom stereocenters. The fourth-order valence-electron chi connectivity index (χ4n) is 2.85. The Kier molecular flexibility index (Phi) is 3.26. The predicted octanol–water partition coefficient (Wildman–Crippen LogP) is 2.40. The first kappa shape index (κ1) is 14.1. The summed E-state index contributed by atoms with van der Waals surface area (Å²) >= 11 is 1.54. The highest BCUT2D eigenvalue weighted by Gasteiger charge is 2.32. The van der Waals surface area contributed by atoms with Gasteiger partial charge >= 0.3 is 0 Å². The van der Waals surface area contributed by atoms with E-state index in [1.54, 1.807) is 7.11 Å². The number of carbonyl (C=O) groups excluding carboxylic acids is 1. The van der Waals surface area contributed by atoms with Crippen LogP contribution in [0.5, 0.6) is 17.2 Å². The van der Waals surface area contributed by atoms with E-state index in [-0.39, 0.29) is 18.6 Å². The van der Waals surface area contributed by atoms with Gasteiger partial charge in [-0.15, -0.1) is 0 Å². The molecule has 0 spiro atoms. The molecule has 3 heterocycles. The van der Waals surface area contributed by atoms with Gasteiger partial charge in [-0.05, 0) is 17.7 Å². The Hall–Kier alpha value is -2.48. The molecule has 2 aliphatic rings. The van der Waals surface area contributed by atoms with Gasteiger partial charge in [-0.25, -0.2) is 4.98 Å². The molecule has 0 aliphatic carbocycles. The fraction of sp³-hybridized carbons (Fsp3) is 0.333. The van der Waals surface area contributed by atoms with Crippen LogP contribution in [0.2, 0.25) is 0 Å². The zero-order valence-electron chi connectivity index (χ0n) is 12.6. The summed E-state index contributed by atoms with van der Waals surface area (Å²) in [5.41, 5.74) is 0.952. The van der Waals surface area contributed by atoms with Crippen molar-refractivity contribution >= 4 is 28.2 Å². The van der Waals surface area contributed by atoms with Crippen molar-refractivity contribution in [3.8, 4) is 17.2 Å². The van der Waals surface area contributed by atoms with Gasteiger partial charge in [0, 0.05) is 19.4 Å². The van der Waals surface area contributed by atoms with Crippen LogP contribution in [-0.4, -0.2) is 31.8 Å². The first-order valence-corrected chi connectivity index (χ1v) is 7.97. The Morgan fingerprint density at radius 3 is 3.09 bits per heavy atom. The Balaban J connectivity index is 1.82. The van der Waals surface area contributed by atoms with Crippen LogP contribution in [0.25, 0.3) is 0 Å². The fourth-order valence-corrected chi connectivity index (χ4v) is 3.85. The first-order valence-electron chi connectivity index (χ1n) is 7.15. The van der Waals surface area contributed by atoms with Crippen LogP contribution in [0.3, 0.4) is 0 Å². The molecule has 0 fully saturated rings. The van der Waals surface area contributed by atoms with Gasteiger partial charge in [-0.1, -0.05) is 11.3 Å². The number of nitrogens with zero attached hydrogens (tertiary/aromatic N) is 1. The van der Waals surface area contributed by atoms with Gasteiger partial charge in [0.05, 0.1) is 12.0 Å². The summed E-state index contributed by atoms with van der Waals surface area (Å²) in [7, 11) is 3.40. The van der Waals surface area contributed by atoms with Gasteiger partial charge in [-0.2, -0.15) is 0 Å². The van der Waals surface area contributed by atoms with Crippen LogP contribution in [0.15, 0.2) is 12.1 Å². The summed E-state index contributed by atoms with van der Waals surface area (Å²) in [4.78, 5) is 17.5. The molecule has 1 aromatic carbocycles. The Morgan fingerprint density at radius 2 is 2.30 bits per heavy atom. The highest BCUT2D eigenvalue weighted by atomic mass is 32.1. The molecular formula is C15H15N3O4S. The number of ether oxygens (including phenoxy) is 3. The third kappa shape index (κ3) is 2.26. The Labute approximate surface area is 136 Å². The molecule has 0 bridgehead atoms. The molecule has 4 rings (SSSR count). The number of amides is 1. The minimum absolute atomic E-state index is 0.0490. The number of hydrogen-bond donors (Lipinski definition) is 2. The van der Waals surface area contributed by atoms with Crippen molar-refractivity contribution in [1.29, 1.82) is 0 Å². The molecule has 1 aromatic heterocycles. The first-order chi connectivity index (χ1) is 11.2. The van der Waals surface area contributed by atoms with Gasteiger partial charge in [0.1, 0.15) is 5.82 Å². The van der Waals surface area contributed by atoms with Gasteiger partial charge in [0.25, 0.3) is 0 Å². The maximum absolute atomic E-state index is 12.0. The summed E-state index contributed by atoms with van der Waals surface area (Å²) in [6.45, 7) is 0.177. The minimum Gasteiger partial charge on any atom is -0.493 e. The molecule has 23 heavy (non-hydrogen) atoms. The normalized spacial score (nSPS) is 18.3. The third-order valence-corrected chi connectivity index (χ3v) is 5.10. The number of benzene rings is 1. The average molecular weight is 333 g/mol. The predicted molar refractivity (Wildman–Crippen MR) is 85.9 cm³/mol. The zero-order chi connectivity index (χ0) is 16.0. The maximum atomic E-state index is 12.0. The second-order valence-corrected chi connectivity index (χ2v) is 6.27. The van der Waals surface area contributed by atoms with Crippen LogP contribution < -0.4 is 24.8 Å². The lowest BCUT2D eigenvalue weighted by atomic mass is 9.91. The Morgan fingerprint density at radius 1 is 1.43 bits per heavy atom. The second-order valence-electron chi connectivity index (χ2n) is 5.24. The molecular weight excluding hydrogens is 318 g/mol. The van der Waals surface area contributed by atoms with Crippen molar-refractivity contribution in [1.82, 2.24) is 4.98 Å². The van der Waals surface area contributed by atoms with E-state index in [0.29, 0.717) is 29.5 Å². The van der Waals surface area contributed by atoms with Gasteiger partial charge in [-0.3, -0.25) is 4.79 Å². The lowest BCUT2D eigenvalue weighted by Gasteiger charge is -2.22. The summed E-state index contributed by atoms with van der Waals surface area (Å²) in [5, 5.41) is 6.62. The van der Waals surface area contributed by atoms with E-state index in [9.17, 15) is 4.79 Å². The number of hydrogen-bond acceptors (Lipinski definition) is 7. The quantitative estimate of drug-likeness (QED) is 0.898. The molecule has 120 valence electrons. The van der Waals surface area contributed by atoms with E-state index in [4.69, 9.17) is 14.2 Å². The number of fused-ring (bicyclic) bond motifs is 2. The zero-order valence-corrected chi connectivity index (χ0v) is 13.5. The molecule has 2 aliphatic heterocycles. The summed E-state index contributed by atoms with van der Waals surface area (Å²) in [5.74, 6) is 2.36. The van der Waals surface area contributed by atoms with Crippen LogP contribution in [-0.2, 0) is 4.79 Å². The van der Waals surface area contributed by atoms with Gasteiger partial charge in [0.2, 0.25) is 18.4 Å². The van der Waals surface area contributed by atoms with Crippen molar-refractivity contribution in [2.24, 2.45) is 0 Å². The molecule has 2 aromatic rings. The van der Waals surface area contributed by atoms with Crippen molar-refractivity contribution in [2.75, 3.05) is 31.6 Å². The highest BCUT2D eigenvalue weighted by Crippen LogP contribution is 2.48. The van der Waals surface area contributed by atoms with Gasteiger partial charge in [0.15, 0.2) is 16.6 Å². The molecule has 1 amide bonds. The van der Waals surface area contributed by atoms with Crippen molar-refractivity contribution < 1.29 is 19.0 Å². The number of methoxy groups -OCH3 is 1. The summed E-state index contributed by atoms with van der Waals surface area (Å²) in [6.07, 6.45) is 0.362. The van der Waals surface area contributed by atoms with Gasteiger partial charge < -0.3 is 24.8 Å². The topological polar surface area (TPSA) is 81.7 Å². The maximum Gasteiger partial charge on any atom is 0.231 e. The van der Waals surface area contributed by atoms with Crippen LogP contribution in [0, 0.1) is 0 Å². The van der Waals surface area contributed by atoms with Crippen LogP contribution >= 0.6 is 11.3 Å². The van der Waals surface area contributed by atoms with E-state index in [1.165, 1.54) is 11.3 Å². The SMILES string of the molecule is CNc1nc2c(s1)C(c1cc(OC)c3c(c1)OCO3)CC(=O)N2. The van der Waals surface area contributed by atoms with Crippen molar-refractivity contribution in [3.63, 3.8) is 0 Å². The monoisotopic (exact) mass is 333 g/mol.